The lowest BCUT2D eigenvalue weighted by Gasteiger charge is -2.11. The van der Waals surface area contributed by atoms with Gasteiger partial charge in [-0.3, -0.25) is 4.79 Å². The third-order valence-corrected chi connectivity index (χ3v) is 3.51. The Bertz CT molecular complexity index is 406. The Morgan fingerprint density at radius 3 is 3.00 bits per heavy atom. The molecule has 1 atom stereocenters. The molecule has 1 aliphatic heterocycles. The van der Waals surface area contributed by atoms with Gasteiger partial charge in [-0.25, -0.2) is 0 Å². The monoisotopic (exact) mass is 282 g/mol. The van der Waals surface area contributed by atoms with E-state index in [1.54, 1.807) is 0 Å². The SMILES string of the molecule is Cc1ccc(CNC2CNC(=O)C2)c(Br)c1. The van der Waals surface area contributed by atoms with Crippen molar-refractivity contribution in [3.05, 3.63) is 33.8 Å². The van der Waals surface area contributed by atoms with Crippen LogP contribution >= 0.6 is 15.9 Å². The fourth-order valence-electron chi connectivity index (χ4n) is 1.80. The first-order chi connectivity index (χ1) is 7.65. The average molecular weight is 283 g/mol. The van der Waals surface area contributed by atoms with E-state index in [-0.39, 0.29) is 11.9 Å². The van der Waals surface area contributed by atoms with E-state index in [1.165, 1.54) is 11.1 Å². The summed E-state index contributed by atoms with van der Waals surface area (Å²) in [4.78, 5) is 11.0. The van der Waals surface area contributed by atoms with Crippen molar-refractivity contribution in [3.63, 3.8) is 0 Å². The Morgan fingerprint density at radius 2 is 2.38 bits per heavy atom. The number of carbonyl (C=O) groups excluding carboxylic acids is 1. The topological polar surface area (TPSA) is 41.1 Å². The Morgan fingerprint density at radius 1 is 1.56 bits per heavy atom. The van der Waals surface area contributed by atoms with Crippen LogP contribution in [0, 0.1) is 6.92 Å². The minimum atomic E-state index is 0.139. The summed E-state index contributed by atoms with van der Waals surface area (Å²) < 4.78 is 1.12. The van der Waals surface area contributed by atoms with Gasteiger partial charge in [0, 0.05) is 30.0 Å². The summed E-state index contributed by atoms with van der Waals surface area (Å²) in [5.74, 6) is 0.139. The van der Waals surface area contributed by atoms with Crippen LogP contribution in [0.4, 0.5) is 0 Å². The number of hydrogen-bond donors (Lipinski definition) is 2. The van der Waals surface area contributed by atoms with Crippen LogP contribution in [-0.2, 0) is 11.3 Å². The molecule has 3 nitrogen and oxygen atoms in total. The highest BCUT2D eigenvalue weighted by atomic mass is 79.9. The number of hydrogen-bond acceptors (Lipinski definition) is 2. The predicted molar refractivity (Wildman–Crippen MR) is 67.1 cm³/mol. The van der Waals surface area contributed by atoms with Crippen LogP contribution in [0.25, 0.3) is 0 Å². The van der Waals surface area contributed by atoms with Gasteiger partial charge in [0.1, 0.15) is 0 Å². The van der Waals surface area contributed by atoms with Crippen molar-refractivity contribution in [2.45, 2.75) is 25.9 Å². The quantitative estimate of drug-likeness (QED) is 0.887. The highest BCUT2D eigenvalue weighted by Crippen LogP contribution is 2.18. The van der Waals surface area contributed by atoms with Crippen LogP contribution in [-0.4, -0.2) is 18.5 Å². The molecule has 0 radical (unpaired) electrons. The Labute approximate surface area is 104 Å². The number of carbonyl (C=O) groups is 1. The van der Waals surface area contributed by atoms with Crippen LogP contribution in [0.15, 0.2) is 22.7 Å². The molecule has 1 aromatic rings. The highest BCUT2D eigenvalue weighted by Gasteiger charge is 2.20. The molecule has 1 aromatic carbocycles. The van der Waals surface area contributed by atoms with Crippen molar-refractivity contribution >= 4 is 21.8 Å². The Hall–Kier alpha value is -0.870. The standard InChI is InChI=1S/C12H15BrN2O/c1-8-2-3-9(11(13)4-8)6-14-10-5-12(16)15-7-10/h2-4,10,14H,5-7H2,1H3,(H,15,16). The van der Waals surface area contributed by atoms with E-state index in [0.717, 1.165) is 17.6 Å². The molecule has 0 bridgehead atoms. The van der Waals surface area contributed by atoms with Crippen LogP contribution in [0.3, 0.4) is 0 Å². The van der Waals surface area contributed by atoms with Crippen molar-refractivity contribution in [2.75, 3.05) is 6.54 Å². The smallest absolute Gasteiger partial charge is 0.221 e. The largest absolute Gasteiger partial charge is 0.354 e. The Balaban J connectivity index is 1.92. The third kappa shape index (κ3) is 2.83. The van der Waals surface area contributed by atoms with Crippen LogP contribution in [0.2, 0.25) is 0 Å². The molecule has 1 aliphatic rings. The van der Waals surface area contributed by atoms with E-state index < -0.39 is 0 Å². The maximum absolute atomic E-state index is 11.0. The van der Waals surface area contributed by atoms with Crippen molar-refractivity contribution < 1.29 is 4.79 Å². The van der Waals surface area contributed by atoms with Gasteiger partial charge in [0.2, 0.25) is 5.91 Å². The molecule has 1 unspecified atom stereocenters. The van der Waals surface area contributed by atoms with E-state index in [4.69, 9.17) is 0 Å². The molecular formula is C12H15BrN2O. The van der Waals surface area contributed by atoms with E-state index in [2.05, 4.69) is 51.7 Å². The average Bonchev–Trinajstić information content (AvgIpc) is 2.63. The molecule has 0 aromatic heterocycles. The van der Waals surface area contributed by atoms with Crippen molar-refractivity contribution in [1.82, 2.24) is 10.6 Å². The first kappa shape index (κ1) is 11.6. The fraction of sp³-hybridized carbons (Fsp3) is 0.417. The molecule has 4 heteroatoms. The van der Waals surface area contributed by atoms with E-state index in [0.29, 0.717) is 6.42 Å². The molecule has 16 heavy (non-hydrogen) atoms. The van der Waals surface area contributed by atoms with Gasteiger partial charge in [0.25, 0.3) is 0 Å². The summed E-state index contributed by atoms with van der Waals surface area (Å²) in [6, 6.07) is 6.58. The number of halogens is 1. The van der Waals surface area contributed by atoms with Gasteiger partial charge in [-0.1, -0.05) is 28.1 Å². The minimum absolute atomic E-state index is 0.139. The van der Waals surface area contributed by atoms with Gasteiger partial charge in [0.05, 0.1) is 0 Å². The number of aryl methyl sites for hydroxylation is 1. The van der Waals surface area contributed by atoms with E-state index in [1.807, 2.05) is 0 Å². The molecule has 0 aliphatic carbocycles. The van der Waals surface area contributed by atoms with E-state index in [9.17, 15) is 4.79 Å². The van der Waals surface area contributed by atoms with Crippen LogP contribution < -0.4 is 10.6 Å². The van der Waals surface area contributed by atoms with Crippen molar-refractivity contribution in [2.24, 2.45) is 0 Å². The van der Waals surface area contributed by atoms with Crippen molar-refractivity contribution in [3.8, 4) is 0 Å². The van der Waals surface area contributed by atoms with Crippen LogP contribution in [0.1, 0.15) is 17.5 Å². The van der Waals surface area contributed by atoms with Gasteiger partial charge in [-0.05, 0) is 24.1 Å². The predicted octanol–water partition coefficient (Wildman–Crippen LogP) is 1.74. The van der Waals surface area contributed by atoms with Crippen LogP contribution in [0.5, 0.6) is 0 Å². The number of nitrogens with one attached hydrogen (secondary N) is 2. The fourth-order valence-corrected chi connectivity index (χ4v) is 2.43. The first-order valence-electron chi connectivity index (χ1n) is 5.40. The molecule has 1 heterocycles. The molecule has 1 fully saturated rings. The zero-order chi connectivity index (χ0) is 11.5. The summed E-state index contributed by atoms with van der Waals surface area (Å²) in [5.41, 5.74) is 2.47. The first-order valence-corrected chi connectivity index (χ1v) is 6.19. The molecule has 2 N–H and O–H groups in total. The highest BCUT2D eigenvalue weighted by molar-refractivity contribution is 9.10. The molecule has 0 saturated carbocycles. The summed E-state index contributed by atoms with van der Waals surface area (Å²) >= 11 is 3.55. The normalized spacial score (nSPS) is 19.9. The van der Waals surface area contributed by atoms with Gasteiger partial charge < -0.3 is 10.6 Å². The second kappa shape index (κ2) is 4.97. The molecule has 1 amide bonds. The van der Waals surface area contributed by atoms with Gasteiger partial charge in [0.15, 0.2) is 0 Å². The second-order valence-electron chi connectivity index (χ2n) is 4.18. The van der Waals surface area contributed by atoms with Gasteiger partial charge in [-0.2, -0.15) is 0 Å². The molecule has 86 valence electrons. The molecule has 0 spiro atoms. The molecule has 1 saturated heterocycles. The number of benzene rings is 1. The second-order valence-corrected chi connectivity index (χ2v) is 5.04. The minimum Gasteiger partial charge on any atom is -0.354 e. The summed E-state index contributed by atoms with van der Waals surface area (Å²) in [6.07, 6.45) is 0.587. The Kier molecular flexibility index (Phi) is 3.61. The maximum atomic E-state index is 11.0. The lowest BCUT2D eigenvalue weighted by atomic mass is 10.1. The van der Waals surface area contributed by atoms with Gasteiger partial charge >= 0.3 is 0 Å². The maximum Gasteiger partial charge on any atom is 0.221 e. The lowest BCUT2D eigenvalue weighted by molar-refractivity contribution is -0.119. The van der Waals surface area contributed by atoms with E-state index >= 15 is 0 Å². The zero-order valence-corrected chi connectivity index (χ0v) is 10.8. The number of rotatable bonds is 3. The summed E-state index contributed by atoms with van der Waals surface area (Å²) in [5, 5.41) is 6.19. The zero-order valence-electron chi connectivity index (χ0n) is 9.22. The molecule has 2 rings (SSSR count). The van der Waals surface area contributed by atoms with Crippen molar-refractivity contribution in [1.29, 1.82) is 0 Å². The van der Waals surface area contributed by atoms with Gasteiger partial charge in [-0.15, -0.1) is 0 Å². The summed E-state index contributed by atoms with van der Waals surface area (Å²) in [6.45, 7) is 3.60. The number of amides is 1. The summed E-state index contributed by atoms with van der Waals surface area (Å²) in [7, 11) is 0. The third-order valence-electron chi connectivity index (χ3n) is 2.77. The molecular weight excluding hydrogens is 268 g/mol. The lowest BCUT2D eigenvalue weighted by Crippen LogP contribution is -2.30.